The third-order valence-corrected chi connectivity index (χ3v) is 5.13. The normalized spacial score (nSPS) is 20.5. The summed E-state index contributed by atoms with van der Waals surface area (Å²) in [6, 6.07) is 3.84. The van der Waals surface area contributed by atoms with Crippen LogP contribution in [0.15, 0.2) is 17.6 Å². The van der Waals surface area contributed by atoms with Gasteiger partial charge in [-0.05, 0) is 63.4 Å². The molecule has 1 fully saturated rings. The second kappa shape index (κ2) is 6.12. The highest BCUT2D eigenvalue weighted by Gasteiger charge is 2.52. The summed E-state index contributed by atoms with van der Waals surface area (Å²) in [5.74, 6) is 0.540. The van der Waals surface area contributed by atoms with Crippen molar-refractivity contribution >= 4 is 43.1 Å². The van der Waals surface area contributed by atoms with Crippen LogP contribution in [0.4, 0.5) is 5.69 Å². The number of hydrogen-bond acceptors (Lipinski definition) is 4. The van der Waals surface area contributed by atoms with E-state index in [9.17, 15) is 0 Å². The third-order valence-electron chi connectivity index (χ3n) is 4.45. The molecule has 0 aromatic heterocycles. The summed E-state index contributed by atoms with van der Waals surface area (Å²) >= 11 is 10.6. The molecule has 0 amide bonds. The van der Waals surface area contributed by atoms with Crippen LogP contribution >= 0.6 is 24.2 Å². The van der Waals surface area contributed by atoms with Gasteiger partial charge in [-0.15, -0.1) is 0 Å². The monoisotopic (exact) mass is 339 g/mol. The van der Waals surface area contributed by atoms with Crippen molar-refractivity contribution in [1.29, 1.82) is 0 Å². The molecule has 0 saturated carbocycles. The number of aryl methyl sites for hydroxylation is 1. The standard InChI is InChI=1S/C16H23BClNO2S/c1-10-6-11(8-13(18)14(10)19)7-12(9-22)17-20-15(2,3)16(4,5)21-17/h6-8,22H,9,19H2,1-5H3. The summed E-state index contributed by atoms with van der Waals surface area (Å²) in [7, 11) is -0.404. The van der Waals surface area contributed by atoms with Crippen LogP contribution in [0.3, 0.4) is 0 Å². The molecule has 120 valence electrons. The molecule has 1 aliphatic rings. The summed E-state index contributed by atoms with van der Waals surface area (Å²) in [4.78, 5) is 0. The second-order valence-electron chi connectivity index (χ2n) is 6.70. The Labute approximate surface area is 143 Å². The first-order valence-electron chi connectivity index (χ1n) is 7.30. The highest BCUT2D eigenvalue weighted by Crippen LogP contribution is 2.39. The van der Waals surface area contributed by atoms with E-state index in [1.54, 1.807) is 0 Å². The van der Waals surface area contributed by atoms with Crippen LogP contribution in [0.25, 0.3) is 6.08 Å². The minimum absolute atomic E-state index is 0.367. The molecule has 1 aliphatic heterocycles. The van der Waals surface area contributed by atoms with Crippen molar-refractivity contribution < 1.29 is 9.31 Å². The van der Waals surface area contributed by atoms with Gasteiger partial charge >= 0.3 is 7.12 Å². The molecule has 0 aliphatic carbocycles. The van der Waals surface area contributed by atoms with Crippen LogP contribution in [0, 0.1) is 6.92 Å². The van der Waals surface area contributed by atoms with Gasteiger partial charge in [-0.3, -0.25) is 0 Å². The molecule has 0 spiro atoms. The maximum Gasteiger partial charge on any atom is 0.491 e. The van der Waals surface area contributed by atoms with Gasteiger partial charge in [0.25, 0.3) is 0 Å². The van der Waals surface area contributed by atoms with Crippen LogP contribution in [0.5, 0.6) is 0 Å². The van der Waals surface area contributed by atoms with Crippen LogP contribution in [0.2, 0.25) is 5.02 Å². The van der Waals surface area contributed by atoms with Crippen LogP contribution in [-0.4, -0.2) is 24.1 Å². The maximum absolute atomic E-state index is 6.16. The van der Waals surface area contributed by atoms with Crippen molar-refractivity contribution in [1.82, 2.24) is 0 Å². The van der Waals surface area contributed by atoms with Crippen molar-refractivity contribution in [3.63, 3.8) is 0 Å². The molecular weight excluding hydrogens is 317 g/mol. The van der Waals surface area contributed by atoms with E-state index in [0.717, 1.165) is 16.6 Å². The predicted molar refractivity (Wildman–Crippen MR) is 98.5 cm³/mol. The lowest BCUT2D eigenvalue weighted by Crippen LogP contribution is -2.41. The first-order chi connectivity index (χ1) is 10.1. The van der Waals surface area contributed by atoms with E-state index in [1.165, 1.54) is 0 Å². The number of nitrogen functional groups attached to an aromatic ring is 1. The van der Waals surface area contributed by atoms with E-state index in [1.807, 2.05) is 52.8 Å². The van der Waals surface area contributed by atoms with Gasteiger partial charge in [0.05, 0.1) is 21.9 Å². The number of halogens is 1. The number of nitrogens with two attached hydrogens (primary N) is 1. The van der Waals surface area contributed by atoms with Gasteiger partial charge in [0.2, 0.25) is 0 Å². The number of thiol groups is 1. The van der Waals surface area contributed by atoms with E-state index >= 15 is 0 Å². The first kappa shape index (κ1) is 17.7. The fourth-order valence-corrected chi connectivity index (χ4v) is 2.78. The molecule has 1 heterocycles. The van der Waals surface area contributed by atoms with E-state index in [-0.39, 0.29) is 11.2 Å². The summed E-state index contributed by atoms with van der Waals surface area (Å²) in [6.07, 6.45) is 2.01. The zero-order valence-electron chi connectivity index (χ0n) is 13.7. The zero-order valence-corrected chi connectivity index (χ0v) is 15.4. The number of benzene rings is 1. The molecular formula is C16H23BClNO2S. The van der Waals surface area contributed by atoms with Crippen LogP contribution < -0.4 is 5.73 Å². The maximum atomic E-state index is 6.16. The lowest BCUT2D eigenvalue weighted by molar-refractivity contribution is 0.00578. The van der Waals surface area contributed by atoms with Gasteiger partial charge in [-0.25, -0.2) is 0 Å². The van der Waals surface area contributed by atoms with Crippen molar-refractivity contribution in [2.75, 3.05) is 11.5 Å². The minimum atomic E-state index is -0.404. The molecule has 3 nitrogen and oxygen atoms in total. The Balaban J connectivity index is 2.34. The number of hydrogen-bond donors (Lipinski definition) is 2. The summed E-state index contributed by atoms with van der Waals surface area (Å²) in [5, 5.41) is 0.554. The van der Waals surface area contributed by atoms with E-state index < -0.39 is 7.12 Å². The predicted octanol–water partition coefficient (Wildman–Crippen LogP) is 4.18. The average Bonchev–Trinajstić information content (AvgIpc) is 2.61. The molecule has 0 bridgehead atoms. The molecule has 2 N–H and O–H groups in total. The number of anilines is 1. The van der Waals surface area contributed by atoms with Crippen molar-refractivity contribution in [2.45, 2.75) is 45.8 Å². The lowest BCUT2D eigenvalue weighted by atomic mass is 9.78. The van der Waals surface area contributed by atoms with Crippen molar-refractivity contribution in [3.8, 4) is 0 Å². The van der Waals surface area contributed by atoms with Gasteiger partial charge in [-0.1, -0.05) is 17.7 Å². The van der Waals surface area contributed by atoms with Crippen LogP contribution in [-0.2, 0) is 9.31 Å². The van der Waals surface area contributed by atoms with Gasteiger partial charge in [0.1, 0.15) is 0 Å². The highest BCUT2D eigenvalue weighted by molar-refractivity contribution is 7.80. The van der Waals surface area contributed by atoms with Gasteiger partial charge < -0.3 is 15.0 Å². The quantitative estimate of drug-likeness (QED) is 0.493. The zero-order chi connectivity index (χ0) is 16.7. The Bertz CT molecular complexity index is 577. The summed E-state index contributed by atoms with van der Waals surface area (Å²) in [5.41, 5.74) is 8.65. The second-order valence-corrected chi connectivity index (χ2v) is 7.42. The molecule has 0 atom stereocenters. The fourth-order valence-electron chi connectivity index (χ4n) is 2.26. The van der Waals surface area contributed by atoms with E-state index in [4.69, 9.17) is 26.6 Å². The fraction of sp³-hybridized carbons (Fsp3) is 0.500. The largest absolute Gasteiger partial charge is 0.491 e. The van der Waals surface area contributed by atoms with Crippen LogP contribution in [0.1, 0.15) is 38.8 Å². The van der Waals surface area contributed by atoms with Gasteiger partial charge in [0.15, 0.2) is 0 Å². The SMILES string of the molecule is Cc1cc(C=C(CS)B2OC(C)(C)C(C)(C)O2)cc(Cl)c1N. The van der Waals surface area contributed by atoms with Crippen molar-refractivity contribution in [3.05, 3.63) is 33.8 Å². The molecule has 0 radical (unpaired) electrons. The lowest BCUT2D eigenvalue weighted by Gasteiger charge is -2.32. The molecule has 22 heavy (non-hydrogen) atoms. The summed E-state index contributed by atoms with van der Waals surface area (Å²) < 4.78 is 12.2. The van der Waals surface area contributed by atoms with Gasteiger partial charge in [-0.2, -0.15) is 12.6 Å². The van der Waals surface area contributed by atoms with E-state index in [2.05, 4.69) is 12.6 Å². The molecule has 1 aromatic rings. The highest BCUT2D eigenvalue weighted by atomic mass is 35.5. The molecule has 1 aromatic carbocycles. The molecule has 0 unspecified atom stereocenters. The molecule has 2 rings (SSSR count). The van der Waals surface area contributed by atoms with E-state index in [0.29, 0.717) is 16.5 Å². The Morgan fingerprint density at radius 1 is 1.27 bits per heavy atom. The third kappa shape index (κ3) is 3.33. The number of rotatable bonds is 3. The Hall–Kier alpha value is -0.615. The minimum Gasteiger partial charge on any atom is -0.400 e. The Kier molecular flexibility index (Phi) is 4.93. The van der Waals surface area contributed by atoms with Crippen molar-refractivity contribution in [2.24, 2.45) is 0 Å². The average molecular weight is 340 g/mol. The smallest absolute Gasteiger partial charge is 0.400 e. The first-order valence-corrected chi connectivity index (χ1v) is 8.31. The Morgan fingerprint density at radius 3 is 2.27 bits per heavy atom. The topological polar surface area (TPSA) is 44.5 Å². The molecule has 6 heteroatoms. The van der Waals surface area contributed by atoms with Gasteiger partial charge in [0, 0.05) is 5.75 Å². The summed E-state index contributed by atoms with van der Waals surface area (Å²) in [6.45, 7) is 10.1. The Morgan fingerprint density at radius 2 is 1.82 bits per heavy atom. The molecule has 1 saturated heterocycles.